The molecule has 0 unspecified atom stereocenters. The van der Waals surface area contributed by atoms with E-state index in [0.29, 0.717) is 5.69 Å². The van der Waals surface area contributed by atoms with Crippen molar-refractivity contribution in [1.82, 2.24) is 10.3 Å². The summed E-state index contributed by atoms with van der Waals surface area (Å²) in [5, 5.41) is 17.0. The van der Waals surface area contributed by atoms with Gasteiger partial charge in [0.25, 0.3) is 5.91 Å². The van der Waals surface area contributed by atoms with Crippen LogP contribution in [0.5, 0.6) is 0 Å². The predicted octanol–water partition coefficient (Wildman–Crippen LogP) is 4.23. The summed E-state index contributed by atoms with van der Waals surface area (Å²) in [5.74, 6) is -0.287. The lowest BCUT2D eigenvalue weighted by Crippen LogP contribution is -2.36. The monoisotopic (exact) mass is 343 g/mol. The second kappa shape index (κ2) is 7.53. The number of amides is 1. The van der Waals surface area contributed by atoms with Gasteiger partial charge in [-0.25, -0.2) is 4.98 Å². The van der Waals surface area contributed by atoms with Crippen molar-refractivity contribution in [3.8, 4) is 16.0 Å². The average molecular weight is 343 g/mol. The Bertz CT molecular complexity index is 734. The molecule has 4 nitrogen and oxygen atoms in total. The Morgan fingerprint density at radius 2 is 2.17 bits per heavy atom. The molecule has 0 atom stereocenters. The Labute approximate surface area is 143 Å². The molecule has 2 aromatic rings. The first kappa shape index (κ1) is 15.9. The highest BCUT2D eigenvalue weighted by Gasteiger charge is 2.18. The highest BCUT2D eigenvalue weighted by atomic mass is 32.1. The van der Waals surface area contributed by atoms with Gasteiger partial charge in [0.05, 0.1) is 10.6 Å². The summed E-state index contributed by atoms with van der Waals surface area (Å²) >= 11 is 3.15. The maximum Gasteiger partial charge on any atom is 0.262 e. The number of thiazole rings is 1. The van der Waals surface area contributed by atoms with Gasteiger partial charge in [-0.1, -0.05) is 25.3 Å². The number of thiophene rings is 1. The lowest BCUT2D eigenvalue weighted by Gasteiger charge is -2.22. The normalized spacial score (nSPS) is 16.0. The van der Waals surface area contributed by atoms with E-state index in [1.54, 1.807) is 17.4 Å². The Morgan fingerprint density at radius 1 is 1.35 bits per heavy atom. The van der Waals surface area contributed by atoms with E-state index in [4.69, 9.17) is 0 Å². The van der Waals surface area contributed by atoms with E-state index >= 15 is 0 Å². The number of nitrogens with one attached hydrogen (secondary N) is 1. The van der Waals surface area contributed by atoms with Crippen LogP contribution in [0.25, 0.3) is 16.0 Å². The Kier molecular flexibility index (Phi) is 5.21. The standard InChI is InChI=1S/C17H17N3OS2/c18-10-12(16(21)19-13-5-2-1-3-6-13)9-14-11-23-17(20-14)15-7-4-8-22-15/h4,7-9,11,13H,1-3,5-6H2,(H,19,21). The van der Waals surface area contributed by atoms with Crippen molar-refractivity contribution in [3.63, 3.8) is 0 Å². The average Bonchev–Trinajstić information content (AvgIpc) is 3.24. The summed E-state index contributed by atoms with van der Waals surface area (Å²) in [6.45, 7) is 0. The van der Waals surface area contributed by atoms with Gasteiger partial charge in [-0.05, 0) is 30.4 Å². The molecule has 2 aromatic heterocycles. The fourth-order valence-corrected chi connectivity index (χ4v) is 4.26. The first-order valence-corrected chi connectivity index (χ1v) is 9.44. The van der Waals surface area contributed by atoms with Crippen molar-refractivity contribution in [2.75, 3.05) is 0 Å². The zero-order valence-corrected chi connectivity index (χ0v) is 14.3. The van der Waals surface area contributed by atoms with E-state index in [1.165, 1.54) is 17.8 Å². The molecular formula is C17H17N3OS2. The fourth-order valence-electron chi connectivity index (χ4n) is 2.67. The van der Waals surface area contributed by atoms with Gasteiger partial charge in [-0.15, -0.1) is 22.7 Å². The van der Waals surface area contributed by atoms with Crippen molar-refractivity contribution in [1.29, 1.82) is 5.26 Å². The molecule has 0 aromatic carbocycles. The van der Waals surface area contributed by atoms with Gasteiger partial charge in [0.2, 0.25) is 0 Å². The number of hydrogen-bond donors (Lipinski definition) is 1. The predicted molar refractivity (Wildman–Crippen MR) is 94.0 cm³/mol. The number of carbonyl (C=O) groups excluding carboxylic acids is 1. The highest BCUT2D eigenvalue weighted by Crippen LogP contribution is 2.28. The van der Waals surface area contributed by atoms with Crippen molar-refractivity contribution in [2.24, 2.45) is 0 Å². The minimum Gasteiger partial charge on any atom is -0.349 e. The summed E-state index contributed by atoms with van der Waals surface area (Å²) in [4.78, 5) is 17.8. The Balaban J connectivity index is 1.71. The van der Waals surface area contributed by atoms with Gasteiger partial charge in [0.1, 0.15) is 16.6 Å². The summed E-state index contributed by atoms with van der Waals surface area (Å²) in [7, 11) is 0. The van der Waals surface area contributed by atoms with Crippen LogP contribution in [0.1, 0.15) is 37.8 Å². The van der Waals surface area contributed by atoms with Crippen molar-refractivity contribution in [3.05, 3.63) is 34.2 Å². The molecule has 1 aliphatic rings. The number of carbonyl (C=O) groups is 1. The second-order valence-corrected chi connectivity index (χ2v) is 7.34. The zero-order chi connectivity index (χ0) is 16.1. The van der Waals surface area contributed by atoms with Gasteiger partial charge in [-0.3, -0.25) is 4.79 Å². The van der Waals surface area contributed by atoms with Crippen LogP contribution < -0.4 is 5.32 Å². The Hall–Kier alpha value is -1.97. The molecule has 1 amide bonds. The number of nitrogens with zero attached hydrogens (tertiary/aromatic N) is 2. The smallest absolute Gasteiger partial charge is 0.262 e. The third-order valence-electron chi connectivity index (χ3n) is 3.85. The third kappa shape index (κ3) is 4.06. The fraction of sp³-hybridized carbons (Fsp3) is 0.353. The molecule has 0 bridgehead atoms. The lowest BCUT2D eigenvalue weighted by molar-refractivity contribution is -0.117. The van der Waals surface area contributed by atoms with E-state index in [0.717, 1.165) is 35.6 Å². The largest absolute Gasteiger partial charge is 0.349 e. The van der Waals surface area contributed by atoms with Crippen LogP contribution >= 0.6 is 22.7 Å². The van der Waals surface area contributed by atoms with Crippen LogP contribution in [0.4, 0.5) is 0 Å². The molecule has 23 heavy (non-hydrogen) atoms. The van der Waals surface area contributed by atoms with E-state index in [2.05, 4.69) is 10.3 Å². The third-order valence-corrected chi connectivity index (χ3v) is 5.75. The van der Waals surface area contributed by atoms with Crippen LogP contribution in [-0.4, -0.2) is 16.9 Å². The zero-order valence-electron chi connectivity index (χ0n) is 12.6. The van der Waals surface area contributed by atoms with E-state index in [9.17, 15) is 10.1 Å². The Morgan fingerprint density at radius 3 is 2.87 bits per heavy atom. The molecule has 2 heterocycles. The molecule has 1 N–H and O–H groups in total. The van der Waals surface area contributed by atoms with E-state index in [-0.39, 0.29) is 17.5 Å². The SMILES string of the molecule is N#CC(=Cc1csc(-c2cccs2)n1)C(=O)NC1CCCCC1. The maximum absolute atomic E-state index is 12.3. The molecule has 0 radical (unpaired) electrons. The summed E-state index contributed by atoms with van der Waals surface area (Å²) in [5.41, 5.74) is 0.785. The van der Waals surface area contributed by atoms with Crippen molar-refractivity contribution >= 4 is 34.7 Å². The van der Waals surface area contributed by atoms with Crippen LogP contribution in [-0.2, 0) is 4.79 Å². The van der Waals surface area contributed by atoms with Crippen molar-refractivity contribution in [2.45, 2.75) is 38.1 Å². The number of aromatic nitrogens is 1. The molecular weight excluding hydrogens is 326 g/mol. The maximum atomic E-state index is 12.3. The summed E-state index contributed by atoms with van der Waals surface area (Å²) in [6, 6.07) is 6.19. The van der Waals surface area contributed by atoms with Crippen LogP contribution in [0, 0.1) is 11.3 Å². The van der Waals surface area contributed by atoms with Gasteiger partial charge in [0.15, 0.2) is 0 Å². The van der Waals surface area contributed by atoms with Crippen LogP contribution in [0.15, 0.2) is 28.5 Å². The molecule has 0 aliphatic heterocycles. The van der Waals surface area contributed by atoms with Gasteiger partial charge in [0, 0.05) is 11.4 Å². The molecule has 1 saturated carbocycles. The van der Waals surface area contributed by atoms with Crippen LogP contribution in [0.3, 0.4) is 0 Å². The topological polar surface area (TPSA) is 65.8 Å². The molecule has 118 valence electrons. The van der Waals surface area contributed by atoms with E-state index < -0.39 is 0 Å². The van der Waals surface area contributed by atoms with Gasteiger partial charge in [-0.2, -0.15) is 5.26 Å². The molecule has 1 aliphatic carbocycles. The molecule has 3 rings (SSSR count). The number of rotatable bonds is 4. The van der Waals surface area contributed by atoms with Crippen LogP contribution in [0.2, 0.25) is 0 Å². The minimum atomic E-state index is -0.287. The quantitative estimate of drug-likeness (QED) is 0.667. The number of nitriles is 1. The molecule has 6 heteroatoms. The summed E-state index contributed by atoms with van der Waals surface area (Å²) in [6.07, 6.45) is 7.11. The van der Waals surface area contributed by atoms with Gasteiger partial charge < -0.3 is 5.32 Å². The second-order valence-electron chi connectivity index (χ2n) is 5.53. The van der Waals surface area contributed by atoms with Gasteiger partial charge >= 0.3 is 0 Å². The molecule has 0 spiro atoms. The lowest BCUT2D eigenvalue weighted by atomic mass is 9.95. The first-order chi connectivity index (χ1) is 11.3. The summed E-state index contributed by atoms with van der Waals surface area (Å²) < 4.78 is 0. The minimum absolute atomic E-state index is 0.124. The number of hydrogen-bond acceptors (Lipinski definition) is 5. The molecule has 0 saturated heterocycles. The first-order valence-electron chi connectivity index (χ1n) is 7.68. The highest BCUT2D eigenvalue weighted by molar-refractivity contribution is 7.20. The van der Waals surface area contributed by atoms with Crippen molar-refractivity contribution < 1.29 is 4.79 Å². The van der Waals surface area contributed by atoms with E-state index in [1.807, 2.05) is 29.0 Å². The molecule has 1 fully saturated rings.